The van der Waals surface area contributed by atoms with Crippen molar-refractivity contribution in [2.75, 3.05) is 7.11 Å². The highest BCUT2D eigenvalue weighted by atomic mass is 16.6. The van der Waals surface area contributed by atoms with Crippen LogP contribution in [0.4, 0.5) is 0 Å². The summed E-state index contributed by atoms with van der Waals surface area (Å²) in [6, 6.07) is 13.8. The summed E-state index contributed by atoms with van der Waals surface area (Å²) in [6.07, 6.45) is 2.37. The minimum Gasteiger partial charge on any atom is -0.489 e. The molecule has 0 amide bonds. The zero-order valence-electron chi connectivity index (χ0n) is 16.1. The van der Waals surface area contributed by atoms with Gasteiger partial charge >= 0.3 is 5.97 Å². The van der Waals surface area contributed by atoms with Crippen molar-refractivity contribution < 1.29 is 19.0 Å². The molecule has 2 aromatic rings. The first-order valence-corrected chi connectivity index (χ1v) is 8.81. The molecule has 0 aliphatic carbocycles. The Hall–Kier alpha value is -3.01. The predicted molar refractivity (Wildman–Crippen MR) is 107 cm³/mol. The lowest BCUT2D eigenvalue weighted by Gasteiger charge is -2.21. The zero-order chi connectivity index (χ0) is 19.8. The van der Waals surface area contributed by atoms with Gasteiger partial charge < -0.3 is 14.2 Å². The Morgan fingerprint density at radius 2 is 1.81 bits per heavy atom. The maximum Gasteiger partial charge on any atom is 0.351 e. The third-order valence-corrected chi connectivity index (χ3v) is 4.29. The highest BCUT2D eigenvalue weighted by Gasteiger charge is 2.21. The molecule has 0 bridgehead atoms. The van der Waals surface area contributed by atoms with Crippen LogP contribution in [0.2, 0.25) is 0 Å². The van der Waals surface area contributed by atoms with E-state index in [9.17, 15) is 4.79 Å². The van der Waals surface area contributed by atoms with Crippen molar-refractivity contribution in [1.82, 2.24) is 0 Å². The van der Waals surface area contributed by atoms with Gasteiger partial charge in [-0.15, -0.1) is 6.58 Å². The molecule has 0 aliphatic rings. The van der Waals surface area contributed by atoms with Crippen LogP contribution in [0, 0.1) is 6.92 Å². The van der Waals surface area contributed by atoms with Crippen molar-refractivity contribution in [2.45, 2.75) is 32.5 Å². The van der Waals surface area contributed by atoms with Crippen LogP contribution in [0.15, 0.2) is 67.8 Å². The summed E-state index contributed by atoms with van der Waals surface area (Å²) in [5.41, 5.74) is 2.89. The van der Waals surface area contributed by atoms with Crippen LogP contribution in [0.3, 0.4) is 0 Å². The molecule has 0 saturated heterocycles. The average Bonchev–Trinajstić information content (AvgIpc) is 2.70. The van der Waals surface area contributed by atoms with Crippen molar-refractivity contribution in [3.05, 3.63) is 84.5 Å². The highest BCUT2D eigenvalue weighted by Crippen LogP contribution is 2.35. The smallest absolute Gasteiger partial charge is 0.351 e. The first-order chi connectivity index (χ1) is 13.0. The number of esters is 1. The molecule has 2 unspecified atom stereocenters. The van der Waals surface area contributed by atoms with E-state index in [1.165, 1.54) is 13.2 Å². The van der Waals surface area contributed by atoms with E-state index in [1.54, 1.807) is 0 Å². The number of benzene rings is 2. The molecule has 0 saturated carbocycles. The molecule has 0 heterocycles. The maximum absolute atomic E-state index is 11.8. The van der Waals surface area contributed by atoms with E-state index in [0.717, 1.165) is 22.4 Å². The largest absolute Gasteiger partial charge is 0.489 e. The van der Waals surface area contributed by atoms with Gasteiger partial charge in [0.15, 0.2) is 0 Å². The van der Waals surface area contributed by atoms with Crippen LogP contribution in [0.5, 0.6) is 11.5 Å². The molecule has 0 spiro atoms. The summed E-state index contributed by atoms with van der Waals surface area (Å²) in [6.45, 7) is 11.9. The van der Waals surface area contributed by atoms with Gasteiger partial charge in [0.05, 0.1) is 7.11 Å². The summed E-state index contributed by atoms with van der Waals surface area (Å²) in [4.78, 5) is 11.8. The SMILES string of the molecule is C=CC(Oc1cc(C)c(OCc2ccccc2)cc1C(C)C=C)C(=O)OC. The number of carbonyl (C=O) groups excluding carboxylic acids is 1. The van der Waals surface area contributed by atoms with E-state index in [1.807, 2.05) is 62.4 Å². The summed E-state index contributed by atoms with van der Waals surface area (Å²) in [5, 5.41) is 0. The quantitative estimate of drug-likeness (QED) is 0.464. The van der Waals surface area contributed by atoms with Gasteiger partial charge in [-0.1, -0.05) is 49.9 Å². The Kier molecular flexibility index (Phi) is 7.24. The van der Waals surface area contributed by atoms with Crippen LogP contribution >= 0.6 is 0 Å². The Bertz CT molecular complexity index is 796. The van der Waals surface area contributed by atoms with Crippen LogP contribution in [-0.2, 0) is 16.1 Å². The normalized spacial score (nSPS) is 12.6. The van der Waals surface area contributed by atoms with Crippen LogP contribution in [-0.4, -0.2) is 19.2 Å². The van der Waals surface area contributed by atoms with Gasteiger partial charge in [0.2, 0.25) is 6.10 Å². The van der Waals surface area contributed by atoms with Gasteiger partial charge in [0, 0.05) is 11.5 Å². The van der Waals surface area contributed by atoms with Crippen LogP contribution < -0.4 is 9.47 Å². The maximum atomic E-state index is 11.8. The van der Waals surface area contributed by atoms with E-state index >= 15 is 0 Å². The molecule has 27 heavy (non-hydrogen) atoms. The number of hydrogen-bond acceptors (Lipinski definition) is 4. The number of rotatable bonds is 9. The molecule has 0 fully saturated rings. The molecule has 0 N–H and O–H groups in total. The first-order valence-electron chi connectivity index (χ1n) is 8.81. The number of ether oxygens (including phenoxy) is 3. The average molecular weight is 366 g/mol. The Labute approximate surface area is 161 Å². The molecule has 0 radical (unpaired) electrons. The first kappa shape index (κ1) is 20.3. The predicted octanol–water partition coefficient (Wildman–Crippen LogP) is 4.97. The van der Waals surface area contributed by atoms with Gasteiger partial charge in [-0.25, -0.2) is 4.79 Å². The fraction of sp³-hybridized carbons (Fsp3) is 0.261. The lowest BCUT2D eigenvalue weighted by Crippen LogP contribution is -2.26. The van der Waals surface area contributed by atoms with Crippen molar-refractivity contribution >= 4 is 5.97 Å². The number of aryl methyl sites for hydroxylation is 1. The lowest BCUT2D eigenvalue weighted by atomic mass is 9.98. The third-order valence-electron chi connectivity index (χ3n) is 4.29. The fourth-order valence-corrected chi connectivity index (χ4v) is 2.60. The zero-order valence-corrected chi connectivity index (χ0v) is 16.1. The summed E-state index contributed by atoms with van der Waals surface area (Å²) < 4.78 is 16.6. The molecular formula is C23H26O4. The van der Waals surface area contributed by atoms with E-state index < -0.39 is 12.1 Å². The Morgan fingerprint density at radius 3 is 2.41 bits per heavy atom. The van der Waals surface area contributed by atoms with E-state index in [4.69, 9.17) is 14.2 Å². The number of hydrogen-bond donors (Lipinski definition) is 0. The van der Waals surface area contributed by atoms with E-state index in [-0.39, 0.29) is 5.92 Å². The number of methoxy groups -OCH3 is 1. The van der Waals surface area contributed by atoms with Gasteiger partial charge in [0.1, 0.15) is 18.1 Å². The summed E-state index contributed by atoms with van der Waals surface area (Å²) in [7, 11) is 1.32. The van der Waals surface area contributed by atoms with Gasteiger partial charge in [-0.2, -0.15) is 0 Å². The van der Waals surface area contributed by atoms with Gasteiger partial charge in [-0.3, -0.25) is 0 Å². The molecule has 0 aliphatic heterocycles. The second kappa shape index (κ2) is 9.62. The summed E-state index contributed by atoms with van der Waals surface area (Å²) in [5.74, 6) is 0.873. The Balaban J connectivity index is 2.31. The van der Waals surface area contributed by atoms with E-state index in [0.29, 0.717) is 12.4 Å². The van der Waals surface area contributed by atoms with Crippen molar-refractivity contribution in [3.8, 4) is 11.5 Å². The Morgan fingerprint density at radius 1 is 1.11 bits per heavy atom. The standard InChI is InChI=1S/C23H26O4/c1-6-16(3)19-14-21(26-15-18-11-9-8-10-12-18)17(4)13-22(19)27-20(7-2)23(24)25-5/h6-14,16,20H,1-2,15H2,3-5H3. The van der Waals surface area contributed by atoms with E-state index in [2.05, 4.69) is 13.2 Å². The van der Waals surface area contributed by atoms with Crippen molar-refractivity contribution in [2.24, 2.45) is 0 Å². The molecule has 142 valence electrons. The molecular weight excluding hydrogens is 340 g/mol. The molecule has 2 atom stereocenters. The fourth-order valence-electron chi connectivity index (χ4n) is 2.60. The van der Waals surface area contributed by atoms with Gasteiger partial charge in [-0.05, 0) is 36.3 Å². The molecule has 4 nitrogen and oxygen atoms in total. The van der Waals surface area contributed by atoms with Gasteiger partial charge in [0.25, 0.3) is 0 Å². The monoisotopic (exact) mass is 366 g/mol. The van der Waals surface area contributed by atoms with Crippen molar-refractivity contribution in [3.63, 3.8) is 0 Å². The summed E-state index contributed by atoms with van der Waals surface area (Å²) >= 11 is 0. The second-order valence-electron chi connectivity index (χ2n) is 6.25. The third kappa shape index (κ3) is 5.23. The number of allylic oxidation sites excluding steroid dienone is 1. The molecule has 2 rings (SSSR count). The second-order valence-corrected chi connectivity index (χ2v) is 6.25. The van der Waals surface area contributed by atoms with Crippen molar-refractivity contribution in [1.29, 1.82) is 0 Å². The van der Waals surface area contributed by atoms with Crippen LogP contribution in [0.25, 0.3) is 0 Å². The minimum absolute atomic E-state index is 0.0165. The highest BCUT2D eigenvalue weighted by molar-refractivity contribution is 5.77. The van der Waals surface area contributed by atoms with Crippen LogP contribution in [0.1, 0.15) is 29.5 Å². The number of carbonyl (C=O) groups is 1. The molecule has 4 heteroatoms. The minimum atomic E-state index is -0.874. The molecule has 2 aromatic carbocycles. The topological polar surface area (TPSA) is 44.8 Å². The lowest BCUT2D eigenvalue weighted by molar-refractivity contribution is -0.146. The molecule has 0 aromatic heterocycles.